The molecule has 248 valence electrons. The van der Waals surface area contributed by atoms with Crippen LogP contribution in [-0.2, 0) is 32.0 Å². The van der Waals surface area contributed by atoms with Gasteiger partial charge in [-0.25, -0.2) is 0 Å². The lowest BCUT2D eigenvalue weighted by atomic mass is 10.0. The third-order valence-corrected chi connectivity index (χ3v) is 7.06. The van der Waals surface area contributed by atoms with Gasteiger partial charge in [-0.2, -0.15) is 4.99 Å². The molecule has 2 atom stereocenters. The number of benzene rings is 3. The standard InChI is InChI=1S/C35H40N4O8/c1-21(2)33(39-31(41)18-26-17-25(12-15-30(26)46-4)34(44)37-22(3)36)35(45)38-28(19-32(42)43)29(40)20-47-27-13-10-24(11-14-27)16-23-8-6-5-7-9-23/h5-15,17,21,28,33H,16,18-20H2,1-4H3,(H,38,45)(H,39,41)(H,42,43)(H2,36,37,44)/t28?,33-/m0/s1. The highest BCUT2D eigenvalue weighted by molar-refractivity contribution is 6.02. The second-order valence-electron chi connectivity index (χ2n) is 11.3. The number of amidine groups is 1. The molecule has 0 heterocycles. The first-order chi connectivity index (χ1) is 22.4. The predicted molar refractivity (Wildman–Crippen MR) is 175 cm³/mol. The van der Waals surface area contributed by atoms with Gasteiger partial charge in [0.2, 0.25) is 11.8 Å². The molecule has 3 amide bonds. The number of hydrogen-bond acceptors (Lipinski definition) is 7. The number of hydrogen-bond donors (Lipinski definition) is 4. The van der Waals surface area contributed by atoms with Gasteiger partial charge < -0.3 is 30.9 Å². The summed E-state index contributed by atoms with van der Waals surface area (Å²) in [5.74, 6) is -3.44. The van der Waals surface area contributed by atoms with Crippen LogP contribution >= 0.6 is 0 Å². The van der Waals surface area contributed by atoms with Crippen LogP contribution in [0.4, 0.5) is 0 Å². The average Bonchev–Trinajstić information content (AvgIpc) is 3.02. The van der Waals surface area contributed by atoms with E-state index < -0.39 is 60.5 Å². The minimum absolute atomic E-state index is 0.0790. The molecule has 3 aromatic carbocycles. The molecule has 0 aliphatic carbocycles. The molecule has 0 saturated carbocycles. The van der Waals surface area contributed by atoms with Crippen molar-refractivity contribution < 1.29 is 38.6 Å². The number of ether oxygens (including phenoxy) is 2. The lowest BCUT2D eigenvalue weighted by Gasteiger charge is -2.25. The summed E-state index contributed by atoms with van der Waals surface area (Å²) in [4.78, 5) is 67.0. The highest BCUT2D eigenvalue weighted by Gasteiger charge is 2.30. The maximum atomic E-state index is 13.3. The van der Waals surface area contributed by atoms with Gasteiger partial charge in [0.25, 0.3) is 5.91 Å². The van der Waals surface area contributed by atoms with Gasteiger partial charge in [-0.05, 0) is 60.7 Å². The molecule has 0 saturated heterocycles. The molecule has 0 aromatic heterocycles. The Labute approximate surface area is 273 Å². The summed E-state index contributed by atoms with van der Waals surface area (Å²) in [5.41, 5.74) is 8.26. The van der Waals surface area contributed by atoms with Gasteiger partial charge in [-0.15, -0.1) is 0 Å². The second-order valence-corrected chi connectivity index (χ2v) is 11.3. The molecule has 0 bridgehead atoms. The fraction of sp³-hybridized carbons (Fsp3) is 0.314. The summed E-state index contributed by atoms with van der Waals surface area (Å²) >= 11 is 0. The van der Waals surface area contributed by atoms with Crippen molar-refractivity contribution in [3.8, 4) is 11.5 Å². The maximum absolute atomic E-state index is 13.3. The molecule has 12 heteroatoms. The minimum Gasteiger partial charge on any atom is -0.496 e. The number of carboxylic acid groups (broad SMARTS) is 1. The lowest BCUT2D eigenvalue weighted by molar-refractivity contribution is -0.141. The highest BCUT2D eigenvalue weighted by Crippen LogP contribution is 2.22. The van der Waals surface area contributed by atoms with Crippen molar-refractivity contribution in [2.45, 2.75) is 52.1 Å². The first kappa shape index (κ1) is 36.0. The summed E-state index contributed by atoms with van der Waals surface area (Å²) in [5, 5.41) is 14.6. The average molecular weight is 645 g/mol. The normalized spacial score (nSPS) is 12.5. The van der Waals surface area contributed by atoms with Crippen LogP contribution in [0, 0.1) is 5.92 Å². The van der Waals surface area contributed by atoms with E-state index in [0.29, 0.717) is 17.1 Å². The topological polar surface area (TPSA) is 186 Å². The van der Waals surface area contributed by atoms with Crippen molar-refractivity contribution in [2.75, 3.05) is 13.7 Å². The number of carbonyl (C=O) groups is 5. The summed E-state index contributed by atoms with van der Waals surface area (Å²) in [7, 11) is 1.41. The zero-order valence-corrected chi connectivity index (χ0v) is 26.8. The number of Topliss-reactive ketones (excluding diaryl/α,β-unsaturated/α-hetero) is 1. The van der Waals surface area contributed by atoms with Crippen LogP contribution in [0.15, 0.2) is 77.8 Å². The number of amides is 3. The molecule has 5 N–H and O–H groups in total. The summed E-state index contributed by atoms with van der Waals surface area (Å²) in [6, 6.07) is 19.1. The van der Waals surface area contributed by atoms with E-state index >= 15 is 0 Å². The summed E-state index contributed by atoms with van der Waals surface area (Å²) < 4.78 is 10.9. The van der Waals surface area contributed by atoms with Crippen molar-refractivity contribution >= 4 is 35.3 Å². The molecule has 0 radical (unpaired) electrons. The van der Waals surface area contributed by atoms with Crippen LogP contribution in [-0.4, -0.2) is 66.2 Å². The third kappa shape index (κ3) is 11.4. The number of carbonyl (C=O) groups excluding carboxylic acids is 4. The van der Waals surface area contributed by atoms with Crippen LogP contribution < -0.4 is 25.8 Å². The number of nitrogens with zero attached hydrogens (tertiary/aromatic N) is 1. The smallest absolute Gasteiger partial charge is 0.305 e. The van der Waals surface area contributed by atoms with Crippen LogP contribution in [0.25, 0.3) is 0 Å². The van der Waals surface area contributed by atoms with E-state index in [1.807, 2.05) is 42.5 Å². The number of aliphatic imine (C=N–C) groups is 1. The molecule has 0 aliphatic heterocycles. The number of aliphatic carboxylic acids is 1. The Morgan fingerprint density at radius 2 is 1.57 bits per heavy atom. The molecular weight excluding hydrogens is 604 g/mol. The molecule has 3 aromatic rings. The minimum atomic E-state index is -1.40. The van der Waals surface area contributed by atoms with Crippen molar-refractivity contribution in [1.82, 2.24) is 10.6 Å². The molecule has 0 spiro atoms. The van der Waals surface area contributed by atoms with Crippen LogP contribution in [0.2, 0.25) is 0 Å². The van der Waals surface area contributed by atoms with E-state index in [-0.39, 0.29) is 17.8 Å². The fourth-order valence-corrected chi connectivity index (χ4v) is 4.68. The third-order valence-electron chi connectivity index (χ3n) is 7.06. The number of nitrogens with two attached hydrogens (primary N) is 1. The number of carboxylic acids is 1. The highest BCUT2D eigenvalue weighted by atomic mass is 16.5. The van der Waals surface area contributed by atoms with Crippen molar-refractivity contribution in [3.63, 3.8) is 0 Å². The Hall–Kier alpha value is -5.52. The van der Waals surface area contributed by atoms with Crippen LogP contribution in [0.3, 0.4) is 0 Å². The molecule has 0 fully saturated rings. The number of methoxy groups -OCH3 is 1. The van der Waals surface area contributed by atoms with Gasteiger partial charge in [0, 0.05) is 11.1 Å². The maximum Gasteiger partial charge on any atom is 0.305 e. The molecular formula is C35H40N4O8. The zero-order valence-electron chi connectivity index (χ0n) is 26.8. The van der Waals surface area contributed by atoms with E-state index in [9.17, 15) is 29.1 Å². The monoisotopic (exact) mass is 644 g/mol. The SMILES string of the molecule is COc1ccc(C(=O)N=C(C)N)cc1CC(=O)N[C@H](C(=O)NC(CC(=O)O)C(=O)COc1ccc(Cc2ccccc2)cc1)C(C)C. The van der Waals surface area contributed by atoms with Gasteiger partial charge in [0.05, 0.1) is 20.0 Å². The van der Waals surface area contributed by atoms with Crippen molar-refractivity contribution in [2.24, 2.45) is 16.6 Å². The first-order valence-corrected chi connectivity index (χ1v) is 15.0. The van der Waals surface area contributed by atoms with Gasteiger partial charge in [-0.1, -0.05) is 56.3 Å². The molecule has 3 rings (SSSR count). The quantitative estimate of drug-likeness (QED) is 0.134. The van der Waals surface area contributed by atoms with Crippen LogP contribution in [0.5, 0.6) is 11.5 Å². The zero-order chi connectivity index (χ0) is 34.5. The largest absolute Gasteiger partial charge is 0.496 e. The summed E-state index contributed by atoms with van der Waals surface area (Å²) in [6.45, 7) is 4.38. The number of rotatable bonds is 16. The first-order valence-electron chi connectivity index (χ1n) is 15.0. The Morgan fingerprint density at radius 1 is 0.915 bits per heavy atom. The second kappa shape index (κ2) is 17.2. The van der Waals surface area contributed by atoms with Crippen LogP contribution in [0.1, 0.15) is 54.2 Å². The van der Waals surface area contributed by atoms with Gasteiger partial charge in [0.15, 0.2) is 5.78 Å². The summed E-state index contributed by atoms with van der Waals surface area (Å²) in [6.07, 6.45) is -0.198. The Kier molecular flexibility index (Phi) is 13.2. The number of ketones is 1. The van der Waals surface area contributed by atoms with E-state index in [1.165, 1.54) is 32.2 Å². The number of nitrogens with one attached hydrogen (secondary N) is 2. The lowest BCUT2D eigenvalue weighted by Crippen LogP contribution is -2.54. The van der Waals surface area contributed by atoms with E-state index in [0.717, 1.165) is 17.5 Å². The molecule has 1 unspecified atom stereocenters. The Balaban J connectivity index is 1.65. The van der Waals surface area contributed by atoms with Crippen molar-refractivity contribution in [3.05, 3.63) is 95.1 Å². The van der Waals surface area contributed by atoms with Gasteiger partial charge in [0.1, 0.15) is 36.0 Å². The molecule has 47 heavy (non-hydrogen) atoms. The Bertz CT molecular complexity index is 1600. The van der Waals surface area contributed by atoms with E-state index in [1.54, 1.807) is 26.0 Å². The fourth-order valence-electron chi connectivity index (χ4n) is 4.68. The molecule has 12 nitrogen and oxygen atoms in total. The Morgan fingerprint density at radius 3 is 2.17 bits per heavy atom. The van der Waals surface area contributed by atoms with Gasteiger partial charge in [-0.3, -0.25) is 24.0 Å². The predicted octanol–water partition coefficient (Wildman–Crippen LogP) is 3.09. The van der Waals surface area contributed by atoms with E-state index in [4.69, 9.17) is 15.2 Å². The molecule has 0 aliphatic rings. The van der Waals surface area contributed by atoms with E-state index in [2.05, 4.69) is 15.6 Å². The van der Waals surface area contributed by atoms with Gasteiger partial charge >= 0.3 is 5.97 Å². The van der Waals surface area contributed by atoms with Crippen molar-refractivity contribution in [1.29, 1.82) is 0 Å².